The zero-order valence-corrected chi connectivity index (χ0v) is 15.9. The van der Waals surface area contributed by atoms with Gasteiger partial charge in [0.15, 0.2) is 0 Å². The Hall–Kier alpha value is -2.06. The van der Waals surface area contributed by atoms with Crippen LogP contribution in [0.1, 0.15) is 27.7 Å². The van der Waals surface area contributed by atoms with Crippen molar-refractivity contribution >= 4 is 30.7 Å². The molecule has 1 aromatic carbocycles. The molecule has 0 bridgehead atoms. The quantitative estimate of drug-likeness (QED) is 0.271. The number of hydrazone groups is 1. The normalized spacial score (nSPS) is 18.8. The van der Waals surface area contributed by atoms with Gasteiger partial charge in [-0.3, -0.25) is 9.69 Å². The lowest BCUT2D eigenvalue weighted by Crippen LogP contribution is -2.41. The minimum Gasteiger partial charge on any atom is -0.467 e. The minimum atomic E-state index is -0.402. The van der Waals surface area contributed by atoms with Gasteiger partial charge in [0.2, 0.25) is 6.41 Å². The Morgan fingerprint density at radius 2 is 1.64 bits per heavy atom. The summed E-state index contributed by atoms with van der Waals surface area (Å²) in [6.07, 6.45) is 0.605. The number of carbonyl (C=O) groups is 1. The Balaban J connectivity index is 2.17. The average Bonchev–Trinajstić information content (AvgIpc) is 2.79. The number of carbonyl (C=O) groups excluding carboxylic acids is 1. The summed E-state index contributed by atoms with van der Waals surface area (Å²) in [5, 5.41) is 5.21. The van der Waals surface area contributed by atoms with Gasteiger partial charge in [0, 0.05) is 19.8 Å². The van der Waals surface area contributed by atoms with Crippen LogP contribution in [0.25, 0.3) is 0 Å². The molecule has 1 saturated heterocycles. The third kappa shape index (κ3) is 3.96. The van der Waals surface area contributed by atoms with Crippen molar-refractivity contribution in [2.24, 2.45) is 5.10 Å². The summed E-state index contributed by atoms with van der Waals surface area (Å²) in [4.78, 5) is 12.5. The summed E-state index contributed by atoms with van der Waals surface area (Å²) >= 11 is 0. The van der Waals surface area contributed by atoms with E-state index in [1.54, 1.807) is 11.9 Å². The van der Waals surface area contributed by atoms with Crippen molar-refractivity contribution in [3.63, 3.8) is 0 Å². The van der Waals surface area contributed by atoms with Crippen molar-refractivity contribution in [1.29, 1.82) is 0 Å². The molecule has 1 aromatic rings. The van der Waals surface area contributed by atoms with Gasteiger partial charge in [0.05, 0.1) is 18.3 Å². The van der Waals surface area contributed by atoms with E-state index in [9.17, 15) is 4.79 Å². The lowest BCUT2D eigenvalue weighted by molar-refractivity contribution is -0.117. The van der Waals surface area contributed by atoms with Gasteiger partial charge < -0.3 is 14.0 Å². The molecular formula is C17H26BN3O4. The van der Waals surface area contributed by atoms with Crippen LogP contribution in [0.15, 0.2) is 29.4 Å². The van der Waals surface area contributed by atoms with Gasteiger partial charge in [-0.2, -0.15) is 0 Å². The first-order valence-electron chi connectivity index (χ1n) is 8.11. The summed E-state index contributed by atoms with van der Waals surface area (Å²) in [5.41, 5.74) is 1.06. The highest BCUT2D eigenvalue weighted by Crippen LogP contribution is 2.36. The molecule has 0 saturated carbocycles. The van der Waals surface area contributed by atoms with E-state index in [0.29, 0.717) is 12.4 Å². The highest BCUT2D eigenvalue weighted by molar-refractivity contribution is 6.62. The summed E-state index contributed by atoms with van der Waals surface area (Å²) in [6, 6.07) is 8.05. The Labute approximate surface area is 149 Å². The predicted octanol–water partition coefficient (Wildman–Crippen LogP) is 1.43. The second kappa shape index (κ2) is 7.05. The van der Waals surface area contributed by atoms with Crippen LogP contribution < -0.4 is 10.4 Å². The molecule has 0 atom stereocenters. The van der Waals surface area contributed by atoms with Crippen molar-refractivity contribution in [3.05, 3.63) is 24.3 Å². The van der Waals surface area contributed by atoms with Gasteiger partial charge in [-0.1, -0.05) is 12.1 Å². The highest BCUT2D eigenvalue weighted by Gasteiger charge is 2.51. The molecule has 136 valence electrons. The van der Waals surface area contributed by atoms with Crippen LogP contribution >= 0.6 is 0 Å². The summed E-state index contributed by atoms with van der Waals surface area (Å²) in [6.45, 7) is 8.11. The maximum absolute atomic E-state index is 10.7. The Morgan fingerprint density at radius 3 is 2.08 bits per heavy atom. The van der Waals surface area contributed by atoms with Gasteiger partial charge in [-0.05, 0) is 45.3 Å². The highest BCUT2D eigenvalue weighted by atomic mass is 16.7. The number of hydrogen-bond donors (Lipinski definition) is 0. The van der Waals surface area contributed by atoms with Crippen LogP contribution in [0.4, 0.5) is 5.69 Å². The van der Waals surface area contributed by atoms with E-state index in [4.69, 9.17) is 14.0 Å². The van der Waals surface area contributed by atoms with Crippen molar-refractivity contribution in [2.45, 2.75) is 38.9 Å². The first kappa shape index (κ1) is 19.3. The number of amidine groups is 1. The molecule has 0 aromatic heterocycles. The smallest absolute Gasteiger partial charge is 0.467 e. The van der Waals surface area contributed by atoms with E-state index in [0.717, 1.165) is 16.2 Å². The number of anilines is 1. The molecule has 1 aliphatic rings. The lowest BCUT2D eigenvalue weighted by Gasteiger charge is -2.32. The molecule has 1 aliphatic heterocycles. The number of rotatable bonds is 4. The van der Waals surface area contributed by atoms with E-state index in [1.165, 1.54) is 7.11 Å². The molecule has 0 spiro atoms. The van der Waals surface area contributed by atoms with Gasteiger partial charge >= 0.3 is 13.1 Å². The van der Waals surface area contributed by atoms with Gasteiger partial charge in [0.25, 0.3) is 0 Å². The zero-order chi connectivity index (χ0) is 18.8. The Kier molecular flexibility index (Phi) is 5.44. The fourth-order valence-corrected chi connectivity index (χ4v) is 2.35. The fraction of sp³-hybridized carbons (Fsp3) is 0.529. The first-order valence-corrected chi connectivity index (χ1v) is 8.11. The monoisotopic (exact) mass is 347 g/mol. The van der Waals surface area contributed by atoms with Crippen LogP contribution in [-0.2, 0) is 18.8 Å². The first-order chi connectivity index (χ1) is 11.6. The maximum Gasteiger partial charge on any atom is 0.494 e. The van der Waals surface area contributed by atoms with E-state index >= 15 is 0 Å². The van der Waals surface area contributed by atoms with E-state index < -0.39 is 7.12 Å². The predicted molar refractivity (Wildman–Crippen MR) is 98.8 cm³/mol. The standard InChI is InChI=1S/C17H26BN3O4/c1-16(2)17(3,4)25-18(24-16)13-8-10-14(11-9-13)21(6)15(23-7)19-20(5)12-22/h8-12H,1-7H3/b19-15+. The molecule has 0 N–H and O–H groups in total. The zero-order valence-electron chi connectivity index (χ0n) is 15.9. The molecule has 0 unspecified atom stereocenters. The van der Waals surface area contributed by atoms with Crippen LogP contribution in [0.3, 0.4) is 0 Å². The van der Waals surface area contributed by atoms with E-state index in [-0.39, 0.29) is 11.2 Å². The lowest BCUT2D eigenvalue weighted by atomic mass is 9.79. The number of amides is 1. The van der Waals surface area contributed by atoms with Gasteiger partial charge in [-0.25, -0.2) is 5.01 Å². The third-order valence-electron chi connectivity index (χ3n) is 4.67. The molecule has 1 fully saturated rings. The largest absolute Gasteiger partial charge is 0.494 e. The maximum atomic E-state index is 10.7. The van der Waals surface area contributed by atoms with Crippen LogP contribution in [0.2, 0.25) is 0 Å². The van der Waals surface area contributed by atoms with Crippen LogP contribution in [-0.4, -0.2) is 57.0 Å². The minimum absolute atomic E-state index is 0.304. The topological polar surface area (TPSA) is 63.6 Å². The Morgan fingerprint density at radius 1 is 1.12 bits per heavy atom. The molecular weight excluding hydrogens is 321 g/mol. The second-order valence-electron chi connectivity index (χ2n) is 7.00. The van der Waals surface area contributed by atoms with Crippen molar-refractivity contribution in [3.8, 4) is 0 Å². The van der Waals surface area contributed by atoms with Crippen LogP contribution in [0.5, 0.6) is 0 Å². The summed E-state index contributed by atoms with van der Waals surface area (Å²) < 4.78 is 17.4. The van der Waals surface area contributed by atoms with Gasteiger partial charge in [0.1, 0.15) is 0 Å². The molecule has 2 rings (SSSR count). The molecule has 25 heavy (non-hydrogen) atoms. The number of methoxy groups -OCH3 is 1. The summed E-state index contributed by atoms with van der Waals surface area (Å²) in [7, 11) is 4.46. The molecule has 8 heteroatoms. The SMILES string of the molecule is CO/C(=N/N(C)C=O)N(C)c1ccc(B2OC(C)(C)C(C)(C)O2)cc1. The number of nitrogens with zero attached hydrogens (tertiary/aromatic N) is 3. The summed E-state index contributed by atoms with van der Waals surface area (Å²) in [5.74, 6) is 0. The molecule has 0 radical (unpaired) electrons. The second-order valence-corrected chi connectivity index (χ2v) is 7.00. The Bertz CT molecular complexity index is 630. The van der Waals surface area contributed by atoms with E-state index in [1.807, 2.05) is 59.0 Å². The number of hydrogen-bond acceptors (Lipinski definition) is 5. The van der Waals surface area contributed by atoms with Crippen molar-refractivity contribution < 1.29 is 18.8 Å². The number of benzene rings is 1. The molecule has 7 nitrogen and oxygen atoms in total. The van der Waals surface area contributed by atoms with Crippen molar-refractivity contribution in [2.75, 3.05) is 26.1 Å². The molecule has 1 amide bonds. The molecule has 1 heterocycles. The molecule has 0 aliphatic carbocycles. The third-order valence-corrected chi connectivity index (χ3v) is 4.67. The van der Waals surface area contributed by atoms with Gasteiger partial charge in [-0.15, -0.1) is 5.10 Å². The fourth-order valence-electron chi connectivity index (χ4n) is 2.35. The van der Waals surface area contributed by atoms with Crippen LogP contribution in [0, 0.1) is 0 Å². The number of ether oxygens (including phenoxy) is 1. The van der Waals surface area contributed by atoms with E-state index in [2.05, 4.69) is 5.10 Å². The van der Waals surface area contributed by atoms with Crippen molar-refractivity contribution in [1.82, 2.24) is 5.01 Å². The average molecular weight is 347 g/mol.